The third kappa shape index (κ3) is 3.85. The Morgan fingerprint density at radius 2 is 1.95 bits per heavy atom. The maximum Gasteiger partial charge on any atom is 0.323 e. The molecule has 116 valence electrons. The summed E-state index contributed by atoms with van der Waals surface area (Å²) in [6.45, 7) is 6.04. The van der Waals surface area contributed by atoms with E-state index in [0.717, 1.165) is 23.1 Å². The maximum atomic E-state index is 11.7. The first-order valence-corrected chi connectivity index (χ1v) is 7.39. The van der Waals surface area contributed by atoms with Crippen molar-refractivity contribution in [3.63, 3.8) is 0 Å². The minimum atomic E-state index is -1.02. The van der Waals surface area contributed by atoms with Crippen LogP contribution in [-0.2, 0) is 17.8 Å². The van der Waals surface area contributed by atoms with E-state index < -0.39 is 5.97 Å². The number of rotatable bonds is 5. The Labute approximate surface area is 130 Å². The van der Waals surface area contributed by atoms with Crippen LogP contribution in [0.5, 0.6) is 0 Å². The Balaban J connectivity index is 2.47. The smallest absolute Gasteiger partial charge is 0.323 e. The summed E-state index contributed by atoms with van der Waals surface area (Å²) in [6, 6.07) is 9.49. The molecule has 0 unspecified atom stereocenters. The van der Waals surface area contributed by atoms with Crippen LogP contribution in [-0.4, -0.2) is 15.6 Å². The summed E-state index contributed by atoms with van der Waals surface area (Å²) in [5.41, 5.74) is 3.95. The molecule has 22 heavy (non-hydrogen) atoms. The highest BCUT2D eigenvalue weighted by atomic mass is 16.4. The molecule has 1 aromatic carbocycles. The molecule has 0 bridgehead atoms. The van der Waals surface area contributed by atoms with E-state index in [1.807, 2.05) is 6.92 Å². The van der Waals surface area contributed by atoms with Crippen molar-refractivity contribution in [1.82, 2.24) is 4.57 Å². The fraction of sp³-hybridized carbons (Fsp3) is 0.333. The molecule has 4 heteroatoms. The van der Waals surface area contributed by atoms with Crippen molar-refractivity contribution < 1.29 is 9.90 Å². The first-order chi connectivity index (χ1) is 10.4. The van der Waals surface area contributed by atoms with Crippen molar-refractivity contribution in [3.8, 4) is 11.1 Å². The Bertz CT molecular complexity index is 744. The van der Waals surface area contributed by atoms with E-state index in [4.69, 9.17) is 5.11 Å². The fourth-order valence-electron chi connectivity index (χ4n) is 2.54. The highest BCUT2D eigenvalue weighted by Gasteiger charge is 2.08. The SMILES string of the molecule is Cc1ccc(CC(C)C)cc1-c1ccc(=O)n(CC(=O)O)c1. The van der Waals surface area contributed by atoms with Gasteiger partial charge in [-0.3, -0.25) is 9.59 Å². The van der Waals surface area contributed by atoms with Gasteiger partial charge in [0.2, 0.25) is 0 Å². The molecular weight excluding hydrogens is 278 g/mol. The highest BCUT2D eigenvalue weighted by molar-refractivity contribution is 5.69. The molecule has 1 heterocycles. The molecule has 0 aliphatic heterocycles. The first-order valence-electron chi connectivity index (χ1n) is 7.39. The number of aromatic nitrogens is 1. The number of benzene rings is 1. The number of hydrogen-bond donors (Lipinski definition) is 1. The fourth-order valence-corrected chi connectivity index (χ4v) is 2.54. The minimum absolute atomic E-state index is 0.304. The monoisotopic (exact) mass is 299 g/mol. The average Bonchev–Trinajstić information content (AvgIpc) is 2.42. The lowest BCUT2D eigenvalue weighted by Crippen LogP contribution is -2.22. The Hall–Kier alpha value is -2.36. The Kier molecular flexibility index (Phi) is 4.81. The van der Waals surface area contributed by atoms with Crippen molar-refractivity contribution in [2.45, 2.75) is 33.7 Å². The average molecular weight is 299 g/mol. The number of aliphatic carboxylic acids is 1. The zero-order valence-electron chi connectivity index (χ0n) is 13.2. The molecule has 0 spiro atoms. The Morgan fingerprint density at radius 1 is 1.23 bits per heavy atom. The van der Waals surface area contributed by atoms with Crippen LogP contribution in [0.25, 0.3) is 11.1 Å². The molecule has 1 N–H and O–H groups in total. The zero-order valence-corrected chi connectivity index (χ0v) is 13.2. The van der Waals surface area contributed by atoms with Gasteiger partial charge in [0.05, 0.1) is 0 Å². The molecule has 2 rings (SSSR count). The lowest BCUT2D eigenvalue weighted by molar-refractivity contribution is -0.137. The number of carboxylic acids is 1. The van der Waals surface area contributed by atoms with Gasteiger partial charge in [-0.2, -0.15) is 0 Å². The molecule has 0 saturated heterocycles. The van der Waals surface area contributed by atoms with Crippen molar-refractivity contribution in [2.75, 3.05) is 0 Å². The third-order valence-corrected chi connectivity index (χ3v) is 3.55. The van der Waals surface area contributed by atoms with Crippen molar-refractivity contribution >= 4 is 5.97 Å². The molecule has 2 aromatic rings. The summed E-state index contributed by atoms with van der Waals surface area (Å²) in [4.78, 5) is 22.6. The van der Waals surface area contributed by atoms with Crippen LogP contribution in [0.4, 0.5) is 0 Å². The zero-order chi connectivity index (χ0) is 16.3. The number of nitrogens with zero attached hydrogens (tertiary/aromatic N) is 1. The summed E-state index contributed by atoms with van der Waals surface area (Å²) in [7, 11) is 0. The van der Waals surface area contributed by atoms with Crippen LogP contribution in [0, 0.1) is 12.8 Å². The van der Waals surface area contributed by atoms with Gasteiger partial charge in [0.15, 0.2) is 0 Å². The minimum Gasteiger partial charge on any atom is -0.480 e. The maximum absolute atomic E-state index is 11.7. The predicted molar refractivity (Wildman–Crippen MR) is 87.1 cm³/mol. The van der Waals surface area contributed by atoms with Gasteiger partial charge in [-0.15, -0.1) is 0 Å². The van der Waals surface area contributed by atoms with E-state index in [1.54, 1.807) is 12.3 Å². The summed E-state index contributed by atoms with van der Waals surface area (Å²) in [5, 5.41) is 8.89. The summed E-state index contributed by atoms with van der Waals surface area (Å²) < 4.78 is 1.23. The van der Waals surface area contributed by atoms with Gasteiger partial charge in [-0.1, -0.05) is 32.0 Å². The normalized spacial score (nSPS) is 10.9. The van der Waals surface area contributed by atoms with Gasteiger partial charge in [0.25, 0.3) is 5.56 Å². The van der Waals surface area contributed by atoms with Crippen LogP contribution >= 0.6 is 0 Å². The number of carboxylic acid groups (broad SMARTS) is 1. The van der Waals surface area contributed by atoms with Crippen LogP contribution in [0.2, 0.25) is 0 Å². The topological polar surface area (TPSA) is 59.3 Å². The number of pyridine rings is 1. The molecule has 1 aromatic heterocycles. The first kappa shape index (κ1) is 16.0. The van der Waals surface area contributed by atoms with E-state index in [9.17, 15) is 9.59 Å². The number of aryl methyl sites for hydroxylation is 1. The van der Waals surface area contributed by atoms with E-state index in [2.05, 4.69) is 32.0 Å². The molecule has 0 amide bonds. The van der Waals surface area contributed by atoms with Crippen molar-refractivity contribution in [3.05, 3.63) is 58.0 Å². The quantitative estimate of drug-likeness (QED) is 0.923. The molecule has 0 fully saturated rings. The largest absolute Gasteiger partial charge is 0.480 e. The van der Waals surface area contributed by atoms with Crippen molar-refractivity contribution in [2.24, 2.45) is 5.92 Å². The second-order valence-corrected chi connectivity index (χ2v) is 6.02. The molecule has 0 radical (unpaired) electrons. The van der Waals surface area contributed by atoms with Gasteiger partial charge in [-0.05, 0) is 47.6 Å². The summed E-state index contributed by atoms with van der Waals surface area (Å²) in [6.07, 6.45) is 2.61. The van der Waals surface area contributed by atoms with E-state index >= 15 is 0 Å². The van der Waals surface area contributed by atoms with Gasteiger partial charge in [0.1, 0.15) is 6.54 Å². The van der Waals surface area contributed by atoms with Gasteiger partial charge < -0.3 is 9.67 Å². The van der Waals surface area contributed by atoms with Crippen LogP contribution < -0.4 is 5.56 Å². The van der Waals surface area contributed by atoms with Crippen LogP contribution in [0.15, 0.2) is 41.3 Å². The Morgan fingerprint density at radius 3 is 2.59 bits per heavy atom. The molecule has 4 nitrogen and oxygen atoms in total. The van der Waals surface area contributed by atoms with E-state index in [0.29, 0.717) is 5.92 Å². The standard InChI is InChI=1S/C18H21NO3/c1-12(2)8-14-5-4-13(3)16(9-14)15-6-7-17(20)19(10-15)11-18(21)22/h4-7,9-10,12H,8,11H2,1-3H3,(H,21,22). The lowest BCUT2D eigenvalue weighted by atomic mass is 9.95. The lowest BCUT2D eigenvalue weighted by Gasteiger charge is -2.12. The van der Waals surface area contributed by atoms with Crippen molar-refractivity contribution in [1.29, 1.82) is 0 Å². The molecule has 0 aliphatic rings. The van der Waals surface area contributed by atoms with E-state index in [1.165, 1.54) is 16.2 Å². The second kappa shape index (κ2) is 6.60. The molecule has 0 aliphatic carbocycles. The molecule has 0 saturated carbocycles. The summed E-state index contributed by atoms with van der Waals surface area (Å²) >= 11 is 0. The third-order valence-electron chi connectivity index (χ3n) is 3.55. The van der Waals surface area contributed by atoms with Gasteiger partial charge >= 0.3 is 5.97 Å². The molecular formula is C18H21NO3. The van der Waals surface area contributed by atoms with Crippen LogP contribution in [0.3, 0.4) is 0 Å². The van der Waals surface area contributed by atoms with Crippen LogP contribution in [0.1, 0.15) is 25.0 Å². The summed E-state index contributed by atoms with van der Waals surface area (Å²) in [5.74, 6) is -0.457. The highest BCUT2D eigenvalue weighted by Crippen LogP contribution is 2.25. The number of carbonyl (C=O) groups is 1. The molecule has 0 atom stereocenters. The number of hydrogen-bond acceptors (Lipinski definition) is 2. The second-order valence-electron chi connectivity index (χ2n) is 6.02. The predicted octanol–water partition coefficient (Wildman–Crippen LogP) is 3.11. The van der Waals surface area contributed by atoms with Gasteiger partial charge in [-0.25, -0.2) is 0 Å². The van der Waals surface area contributed by atoms with Gasteiger partial charge in [0, 0.05) is 12.3 Å². The van der Waals surface area contributed by atoms with E-state index in [-0.39, 0.29) is 12.1 Å².